The van der Waals surface area contributed by atoms with E-state index in [0.717, 1.165) is 12.0 Å². The third-order valence-corrected chi connectivity index (χ3v) is 2.39. The predicted molar refractivity (Wildman–Crippen MR) is 55.5 cm³/mol. The number of hydrogen-bond acceptors (Lipinski definition) is 3. The minimum Gasteiger partial charge on any atom is -0.462 e. The molecule has 80 valence electrons. The van der Waals surface area contributed by atoms with Crippen LogP contribution in [-0.4, -0.2) is 12.6 Å². The van der Waals surface area contributed by atoms with E-state index < -0.39 is 0 Å². The number of ether oxygens (including phenoxy) is 2. The Hall–Kier alpha value is -1.35. The second-order valence-corrected chi connectivity index (χ2v) is 3.61. The molecule has 3 heteroatoms. The Morgan fingerprint density at radius 2 is 2.20 bits per heavy atom. The predicted octanol–water partition coefficient (Wildman–Crippen LogP) is 2.28. The number of hydrogen-bond donors (Lipinski definition) is 0. The molecule has 1 aromatic carbocycles. The number of carbonyl (C=O) groups is 1. The summed E-state index contributed by atoms with van der Waals surface area (Å²) in [5, 5.41) is 0. The number of benzene rings is 1. The average Bonchev–Trinajstić information content (AvgIpc) is 2.72. The quantitative estimate of drug-likeness (QED) is 0.712. The topological polar surface area (TPSA) is 35.5 Å². The van der Waals surface area contributed by atoms with Crippen molar-refractivity contribution in [1.82, 2.24) is 0 Å². The molecule has 15 heavy (non-hydrogen) atoms. The fraction of sp³-hybridized carbons (Fsp3) is 0.417. The van der Waals surface area contributed by atoms with Crippen molar-refractivity contribution in [3.8, 4) is 0 Å². The molecule has 1 aliphatic heterocycles. The van der Waals surface area contributed by atoms with E-state index >= 15 is 0 Å². The molecule has 0 bridgehead atoms. The van der Waals surface area contributed by atoms with E-state index in [1.165, 1.54) is 5.56 Å². The number of carbonyl (C=O) groups excluding carboxylic acids is 1. The van der Waals surface area contributed by atoms with Crippen LogP contribution in [0.2, 0.25) is 0 Å². The molecule has 0 aromatic heterocycles. The summed E-state index contributed by atoms with van der Waals surface area (Å²) in [7, 11) is 0. The second kappa shape index (κ2) is 4.45. The van der Waals surface area contributed by atoms with Crippen LogP contribution in [0.3, 0.4) is 0 Å². The highest BCUT2D eigenvalue weighted by atomic mass is 16.5. The van der Waals surface area contributed by atoms with Crippen LogP contribution in [0, 0.1) is 0 Å². The minimum absolute atomic E-state index is 0.244. The maximum absolute atomic E-state index is 11.5. The Morgan fingerprint density at radius 1 is 1.40 bits per heavy atom. The normalized spacial score (nSPS) is 13.7. The molecule has 0 aliphatic carbocycles. The van der Waals surface area contributed by atoms with Crippen LogP contribution in [0.4, 0.5) is 0 Å². The summed E-state index contributed by atoms with van der Waals surface area (Å²) in [6, 6.07) is 5.59. The summed E-state index contributed by atoms with van der Waals surface area (Å²) in [5.74, 6) is -0.244. The van der Waals surface area contributed by atoms with Crippen molar-refractivity contribution in [3.63, 3.8) is 0 Å². The molecule has 2 rings (SSSR count). The molecule has 0 unspecified atom stereocenters. The zero-order valence-electron chi connectivity index (χ0n) is 8.79. The van der Waals surface area contributed by atoms with Gasteiger partial charge in [-0.15, -0.1) is 0 Å². The van der Waals surface area contributed by atoms with Crippen molar-refractivity contribution < 1.29 is 14.3 Å². The van der Waals surface area contributed by atoms with Gasteiger partial charge in [0.25, 0.3) is 0 Å². The molecule has 0 spiro atoms. The van der Waals surface area contributed by atoms with Gasteiger partial charge in [-0.05, 0) is 29.7 Å². The van der Waals surface area contributed by atoms with Gasteiger partial charge in [0.05, 0.1) is 25.4 Å². The number of fused-ring (bicyclic) bond motifs is 1. The molecule has 1 aliphatic rings. The third kappa shape index (κ3) is 2.18. The highest BCUT2D eigenvalue weighted by Gasteiger charge is 2.14. The molecule has 0 saturated heterocycles. The van der Waals surface area contributed by atoms with E-state index in [1.54, 1.807) is 6.07 Å². The Labute approximate surface area is 89.0 Å². The highest BCUT2D eigenvalue weighted by Crippen LogP contribution is 2.21. The largest absolute Gasteiger partial charge is 0.462 e. The summed E-state index contributed by atoms with van der Waals surface area (Å²) in [4.78, 5) is 11.5. The van der Waals surface area contributed by atoms with Crippen LogP contribution >= 0.6 is 0 Å². The van der Waals surface area contributed by atoms with Gasteiger partial charge in [0, 0.05) is 0 Å². The molecular formula is C12H14O3. The van der Waals surface area contributed by atoms with Crippen molar-refractivity contribution in [1.29, 1.82) is 0 Å². The van der Waals surface area contributed by atoms with Gasteiger partial charge in [-0.3, -0.25) is 0 Å². The van der Waals surface area contributed by atoms with Gasteiger partial charge in [-0.25, -0.2) is 4.79 Å². The highest BCUT2D eigenvalue weighted by molar-refractivity contribution is 5.89. The van der Waals surface area contributed by atoms with E-state index in [1.807, 2.05) is 19.1 Å². The lowest BCUT2D eigenvalue weighted by atomic mass is 10.1. The van der Waals surface area contributed by atoms with Crippen LogP contribution in [0.15, 0.2) is 18.2 Å². The van der Waals surface area contributed by atoms with Crippen molar-refractivity contribution in [2.45, 2.75) is 26.6 Å². The molecule has 0 saturated carbocycles. The first kappa shape index (κ1) is 10.2. The molecule has 1 aromatic rings. The van der Waals surface area contributed by atoms with Crippen molar-refractivity contribution in [2.75, 3.05) is 6.61 Å². The molecular weight excluding hydrogens is 192 g/mol. The van der Waals surface area contributed by atoms with E-state index in [4.69, 9.17) is 9.47 Å². The number of esters is 1. The van der Waals surface area contributed by atoms with Gasteiger partial charge >= 0.3 is 5.97 Å². The SMILES string of the molecule is CCCOC(=O)c1ccc2c(c1)COC2. The molecule has 0 radical (unpaired) electrons. The van der Waals surface area contributed by atoms with Gasteiger partial charge < -0.3 is 9.47 Å². The zero-order chi connectivity index (χ0) is 10.7. The summed E-state index contributed by atoms with van der Waals surface area (Å²) in [5.41, 5.74) is 2.88. The standard InChI is InChI=1S/C12H14O3/c1-2-5-15-12(13)9-3-4-10-7-14-8-11(10)6-9/h3-4,6H,2,5,7-8H2,1H3. The molecule has 0 fully saturated rings. The molecule has 0 N–H and O–H groups in total. The lowest BCUT2D eigenvalue weighted by Gasteiger charge is -2.04. The van der Waals surface area contributed by atoms with E-state index in [0.29, 0.717) is 25.4 Å². The first-order chi connectivity index (χ1) is 7.31. The Kier molecular flexibility index (Phi) is 3.02. The summed E-state index contributed by atoms with van der Waals surface area (Å²) < 4.78 is 10.3. The third-order valence-electron chi connectivity index (χ3n) is 2.39. The maximum Gasteiger partial charge on any atom is 0.338 e. The first-order valence-electron chi connectivity index (χ1n) is 5.18. The van der Waals surface area contributed by atoms with Crippen LogP contribution in [0.25, 0.3) is 0 Å². The van der Waals surface area contributed by atoms with Crippen LogP contribution in [0.5, 0.6) is 0 Å². The fourth-order valence-corrected chi connectivity index (χ4v) is 1.58. The van der Waals surface area contributed by atoms with Crippen LogP contribution in [0.1, 0.15) is 34.8 Å². The Balaban J connectivity index is 2.12. The number of rotatable bonds is 3. The van der Waals surface area contributed by atoms with Gasteiger partial charge in [0.1, 0.15) is 0 Å². The smallest absolute Gasteiger partial charge is 0.338 e. The molecule has 0 amide bonds. The van der Waals surface area contributed by atoms with Crippen LogP contribution < -0.4 is 0 Å². The zero-order valence-corrected chi connectivity index (χ0v) is 8.79. The van der Waals surface area contributed by atoms with Crippen LogP contribution in [-0.2, 0) is 22.7 Å². The lowest BCUT2D eigenvalue weighted by Crippen LogP contribution is -2.06. The second-order valence-electron chi connectivity index (χ2n) is 3.61. The van der Waals surface area contributed by atoms with E-state index in [9.17, 15) is 4.79 Å². The lowest BCUT2D eigenvalue weighted by molar-refractivity contribution is 0.0505. The van der Waals surface area contributed by atoms with Gasteiger partial charge in [0.15, 0.2) is 0 Å². The monoisotopic (exact) mass is 206 g/mol. The molecule has 0 atom stereocenters. The van der Waals surface area contributed by atoms with E-state index in [-0.39, 0.29) is 5.97 Å². The summed E-state index contributed by atoms with van der Waals surface area (Å²) in [6.07, 6.45) is 0.847. The summed E-state index contributed by atoms with van der Waals surface area (Å²) >= 11 is 0. The average molecular weight is 206 g/mol. The molecule has 3 nitrogen and oxygen atoms in total. The van der Waals surface area contributed by atoms with Gasteiger partial charge in [-0.2, -0.15) is 0 Å². The fourth-order valence-electron chi connectivity index (χ4n) is 1.58. The van der Waals surface area contributed by atoms with Crippen molar-refractivity contribution in [3.05, 3.63) is 34.9 Å². The summed E-state index contributed by atoms with van der Waals surface area (Å²) in [6.45, 7) is 3.71. The maximum atomic E-state index is 11.5. The Bertz CT molecular complexity index is 371. The van der Waals surface area contributed by atoms with Crippen molar-refractivity contribution in [2.24, 2.45) is 0 Å². The van der Waals surface area contributed by atoms with E-state index in [2.05, 4.69) is 0 Å². The van der Waals surface area contributed by atoms with Crippen molar-refractivity contribution >= 4 is 5.97 Å². The minimum atomic E-state index is -0.244. The van der Waals surface area contributed by atoms with Gasteiger partial charge in [0.2, 0.25) is 0 Å². The van der Waals surface area contributed by atoms with Gasteiger partial charge in [-0.1, -0.05) is 13.0 Å². The Morgan fingerprint density at radius 3 is 3.00 bits per heavy atom. The first-order valence-corrected chi connectivity index (χ1v) is 5.18. The molecule has 1 heterocycles.